The number of nitrogens with one attached hydrogen (secondary N) is 1. The van der Waals surface area contributed by atoms with E-state index in [9.17, 15) is 4.79 Å². The number of hydrogen-bond donors (Lipinski definition) is 2. The molecule has 0 heterocycles. The third kappa shape index (κ3) is 4.24. The summed E-state index contributed by atoms with van der Waals surface area (Å²) in [4.78, 5) is 13.8. The van der Waals surface area contributed by atoms with Crippen LogP contribution in [-0.4, -0.2) is 26.0 Å². The average molecular weight is 261 g/mol. The Hall–Kier alpha value is -1.55. The van der Waals surface area contributed by atoms with E-state index in [1.165, 1.54) is 12.8 Å². The van der Waals surface area contributed by atoms with Gasteiger partial charge >= 0.3 is 0 Å². The van der Waals surface area contributed by atoms with E-state index in [2.05, 4.69) is 22.3 Å². The molecule has 1 saturated carbocycles. The summed E-state index contributed by atoms with van der Waals surface area (Å²) in [6.07, 6.45) is 2.81. The molecule has 1 aromatic rings. The number of benzene rings is 1. The number of nitrogens with zero attached hydrogens (tertiary/aromatic N) is 1. The first-order valence-electron chi connectivity index (χ1n) is 6.85. The van der Waals surface area contributed by atoms with E-state index >= 15 is 0 Å². The number of carbonyl (C=O) groups is 1. The molecule has 1 aliphatic rings. The molecule has 0 aliphatic heterocycles. The SMILES string of the molecule is CN(C)c1ccc(CNC(=O)CC(N)C2CC2)cc1. The summed E-state index contributed by atoms with van der Waals surface area (Å²) >= 11 is 0. The number of nitrogens with two attached hydrogens (primary N) is 1. The summed E-state index contributed by atoms with van der Waals surface area (Å²) in [5.41, 5.74) is 8.20. The Balaban J connectivity index is 1.76. The molecule has 1 atom stereocenters. The molecular weight excluding hydrogens is 238 g/mol. The van der Waals surface area contributed by atoms with Crippen molar-refractivity contribution in [2.75, 3.05) is 19.0 Å². The lowest BCUT2D eigenvalue weighted by molar-refractivity contribution is -0.121. The second-order valence-electron chi connectivity index (χ2n) is 5.54. The van der Waals surface area contributed by atoms with Gasteiger partial charge in [0.05, 0.1) is 0 Å². The average Bonchev–Trinajstić information content (AvgIpc) is 3.21. The van der Waals surface area contributed by atoms with Crippen molar-refractivity contribution < 1.29 is 4.79 Å². The maximum Gasteiger partial charge on any atom is 0.221 e. The summed E-state index contributed by atoms with van der Waals surface area (Å²) in [7, 11) is 4.02. The maximum atomic E-state index is 11.7. The molecule has 0 radical (unpaired) electrons. The molecule has 1 unspecified atom stereocenters. The zero-order valence-corrected chi connectivity index (χ0v) is 11.7. The highest BCUT2D eigenvalue weighted by atomic mass is 16.1. The Morgan fingerprint density at radius 1 is 1.37 bits per heavy atom. The van der Waals surface area contributed by atoms with Gasteiger partial charge in [-0.2, -0.15) is 0 Å². The van der Waals surface area contributed by atoms with Crippen LogP contribution in [0.2, 0.25) is 0 Å². The molecule has 0 spiro atoms. The molecular formula is C15H23N3O. The number of hydrogen-bond acceptors (Lipinski definition) is 3. The van der Waals surface area contributed by atoms with Gasteiger partial charge in [0.1, 0.15) is 0 Å². The molecule has 1 aromatic carbocycles. The zero-order chi connectivity index (χ0) is 13.8. The number of amides is 1. The van der Waals surface area contributed by atoms with Crippen LogP contribution < -0.4 is 16.0 Å². The van der Waals surface area contributed by atoms with Gasteiger partial charge in [-0.25, -0.2) is 0 Å². The van der Waals surface area contributed by atoms with Crippen molar-refractivity contribution >= 4 is 11.6 Å². The Bertz CT molecular complexity index is 424. The van der Waals surface area contributed by atoms with E-state index in [4.69, 9.17) is 5.73 Å². The van der Waals surface area contributed by atoms with Crippen molar-refractivity contribution in [3.63, 3.8) is 0 Å². The van der Waals surface area contributed by atoms with Gasteiger partial charge < -0.3 is 16.0 Å². The smallest absolute Gasteiger partial charge is 0.221 e. The van der Waals surface area contributed by atoms with Crippen molar-refractivity contribution in [1.82, 2.24) is 5.32 Å². The van der Waals surface area contributed by atoms with Crippen LogP contribution in [0.15, 0.2) is 24.3 Å². The van der Waals surface area contributed by atoms with Gasteiger partial charge in [-0.15, -0.1) is 0 Å². The third-order valence-corrected chi connectivity index (χ3v) is 3.59. The van der Waals surface area contributed by atoms with E-state index in [-0.39, 0.29) is 11.9 Å². The lowest BCUT2D eigenvalue weighted by Gasteiger charge is -2.13. The molecule has 1 aliphatic carbocycles. The molecule has 4 nitrogen and oxygen atoms in total. The first-order chi connectivity index (χ1) is 9.06. The zero-order valence-electron chi connectivity index (χ0n) is 11.7. The summed E-state index contributed by atoms with van der Waals surface area (Å²) in [6, 6.07) is 8.22. The van der Waals surface area contributed by atoms with Crippen LogP contribution in [0, 0.1) is 5.92 Å². The van der Waals surface area contributed by atoms with Crippen molar-refractivity contribution in [2.45, 2.75) is 31.8 Å². The summed E-state index contributed by atoms with van der Waals surface area (Å²) < 4.78 is 0. The molecule has 4 heteroatoms. The first kappa shape index (κ1) is 13.9. The molecule has 2 rings (SSSR count). The Morgan fingerprint density at radius 3 is 2.53 bits per heavy atom. The second-order valence-corrected chi connectivity index (χ2v) is 5.54. The Labute approximate surface area is 115 Å². The fourth-order valence-electron chi connectivity index (χ4n) is 2.09. The van der Waals surface area contributed by atoms with Crippen molar-refractivity contribution in [3.05, 3.63) is 29.8 Å². The minimum absolute atomic E-state index is 0.0381. The van der Waals surface area contributed by atoms with E-state index < -0.39 is 0 Å². The van der Waals surface area contributed by atoms with Gasteiger partial charge in [0.25, 0.3) is 0 Å². The Kier molecular flexibility index (Phi) is 4.43. The van der Waals surface area contributed by atoms with Crippen molar-refractivity contribution in [1.29, 1.82) is 0 Å². The molecule has 1 amide bonds. The van der Waals surface area contributed by atoms with Crippen LogP contribution in [0.4, 0.5) is 5.69 Å². The quantitative estimate of drug-likeness (QED) is 0.816. The van der Waals surface area contributed by atoms with Gasteiger partial charge in [0, 0.05) is 38.8 Å². The topological polar surface area (TPSA) is 58.4 Å². The molecule has 19 heavy (non-hydrogen) atoms. The standard InChI is InChI=1S/C15H23N3O/c1-18(2)13-7-3-11(4-8-13)10-17-15(19)9-14(16)12-5-6-12/h3-4,7-8,12,14H,5-6,9-10,16H2,1-2H3,(H,17,19). The van der Waals surface area contributed by atoms with Crippen LogP contribution in [0.5, 0.6) is 0 Å². The van der Waals surface area contributed by atoms with Gasteiger partial charge in [-0.1, -0.05) is 12.1 Å². The molecule has 0 saturated heterocycles. The van der Waals surface area contributed by atoms with Crippen LogP contribution >= 0.6 is 0 Å². The van der Waals surface area contributed by atoms with Gasteiger partial charge in [-0.05, 0) is 36.5 Å². The minimum atomic E-state index is 0.0381. The molecule has 0 aromatic heterocycles. The van der Waals surface area contributed by atoms with Crippen molar-refractivity contribution in [2.24, 2.45) is 11.7 Å². The van der Waals surface area contributed by atoms with Crippen LogP contribution in [0.25, 0.3) is 0 Å². The largest absolute Gasteiger partial charge is 0.378 e. The highest BCUT2D eigenvalue weighted by Gasteiger charge is 2.29. The summed E-state index contributed by atoms with van der Waals surface area (Å²) in [6.45, 7) is 0.573. The van der Waals surface area contributed by atoms with E-state index in [0.717, 1.165) is 11.3 Å². The number of rotatable bonds is 6. The minimum Gasteiger partial charge on any atom is -0.378 e. The second kappa shape index (κ2) is 6.06. The third-order valence-electron chi connectivity index (χ3n) is 3.59. The Morgan fingerprint density at radius 2 is 2.00 bits per heavy atom. The predicted molar refractivity (Wildman–Crippen MR) is 77.9 cm³/mol. The fraction of sp³-hybridized carbons (Fsp3) is 0.533. The normalized spacial score (nSPS) is 15.9. The highest BCUT2D eigenvalue weighted by Crippen LogP contribution is 2.32. The molecule has 104 valence electrons. The highest BCUT2D eigenvalue weighted by molar-refractivity contribution is 5.76. The van der Waals surface area contributed by atoms with E-state index in [0.29, 0.717) is 18.9 Å². The lowest BCUT2D eigenvalue weighted by atomic mass is 10.1. The predicted octanol–water partition coefficient (Wildman–Crippen LogP) is 1.50. The van der Waals surface area contributed by atoms with Crippen molar-refractivity contribution in [3.8, 4) is 0 Å². The molecule has 0 bridgehead atoms. The number of carbonyl (C=O) groups excluding carboxylic acids is 1. The number of anilines is 1. The summed E-state index contributed by atoms with van der Waals surface area (Å²) in [5, 5.41) is 2.93. The lowest BCUT2D eigenvalue weighted by Crippen LogP contribution is -2.32. The van der Waals surface area contributed by atoms with Crippen LogP contribution in [0.3, 0.4) is 0 Å². The monoisotopic (exact) mass is 261 g/mol. The molecule has 1 fully saturated rings. The molecule has 3 N–H and O–H groups in total. The maximum absolute atomic E-state index is 11.7. The van der Waals surface area contributed by atoms with Gasteiger partial charge in [0.2, 0.25) is 5.91 Å². The van der Waals surface area contributed by atoms with E-state index in [1.54, 1.807) is 0 Å². The van der Waals surface area contributed by atoms with Crippen LogP contribution in [-0.2, 0) is 11.3 Å². The van der Waals surface area contributed by atoms with E-state index in [1.807, 2.05) is 26.2 Å². The van der Waals surface area contributed by atoms with Gasteiger partial charge in [-0.3, -0.25) is 4.79 Å². The fourth-order valence-corrected chi connectivity index (χ4v) is 2.09. The van der Waals surface area contributed by atoms with Gasteiger partial charge in [0.15, 0.2) is 0 Å². The van der Waals surface area contributed by atoms with Crippen LogP contribution in [0.1, 0.15) is 24.8 Å². The summed E-state index contributed by atoms with van der Waals surface area (Å²) in [5.74, 6) is 0.626. The first-order valence-corrected chi connectivity index (χ1v) is 6.85.